The van der Waals surface area contributed by atoms with Crippen molar-refractivity contribution in [2.24, 2.45) is 5.10 Å². The maximum Gasteiger partial charge on any atom is 0.264 e. The summed E-state index contributed by atoms with van der Waals surface area (Å²) in [5.41, 5.74) is 3.02. The number of nitrogens with one attached hydrogen (secondary N) is 1. The molecule has 0 radical (unpaired) electrons. The first-order valence-corrected chi connectivity index (χ1v) is 11.6. The number of hydrogen-bond donors (Lipinski definition) is 1. The predicted molar refractivity (Wildman–Crippen MR) is 128 cm³/mol. The molecule has 0 atom stereocenters. The van der Waals surface area contributed by atoms with E-state index in [1.807, 2.05) is 0 Å². The third-order valence-corrected chi connectivity index (χ3v) is 6.60. The van der Waals surface area contributed by atoms with E-state index in [1.165, 1.54) is 50.8 Å². The summed E-state index contributed by atoms with van der Waals surface area (Å²) in [6, 6.07) is 15.5. The molecule has 0 spiro atoms. The highest BCUT2D eigenvalue weighted by molar-refractivity contribution is 7.92. The molecule has 0 aromatic heterocycles. The molecule has 1 amide bonds. The molecule has 0 aliphatic rings. The molecule has 3 aromatic rings. The maximum atomic E-state index is 13.5. The van der Waals surface area contributed by atoms with Crippen LogP contribution in [-0.2, 0) is 14.8 Å². The van der Waals surface area contributed by atoms with Crippen LogP contribution in [0.1, 0.15) is 5.56 Å². The Morgan fingerprint density at radius 2 is 1.76 bits per heavy atom. The second-order valence-electron chi connectivity index (χ2n) is 6.85. The van der Waals surface area contributed by atoms with Gasteiger partial charge in [0.25, 0.3) is 15.9 Å². The minimum atomic E-state index is -4.26. The van der Waals surface area contributed by atoms with Crippen LogP contribution in [0.25, 0.3) is 0 Å². The number of rotatable bonds is 9. The monoisotopic (exact) mass is 505 g/mol. The van der Waals surface area contributed by atoms with Crippen molar-refractivity contribution in [3.8, 4) is 11.5 Å². The summed E-state index contributed by atoms with van der Waals surface area (Å²) in [7, 11) is -1.46. The van der Waals surface area contributed by atoms with Gasteiger partial charge in [-0.25, -0.2) is 18.2 Å². The molecule has 0 fully saturated rings. The van der Waals surface area contributed by atoms with Crippen molar-refractivity contribution in [2.75, 3.05) is 25.1 Å². The van der Waals surface area contributed by atoms with E-state index in [-0.39, 0.29) is 16.3 Å². The van der Waals surface area contributed by atoms with Crippen LogP contribution in [0.3, 0.4) is 0 Å². The second-order valence-corrected chi connectivity index (χ2v) is 9.15. The van der Waals surface area contributed by atoms with Crippen molar-refractivity contribution in [2.45, 2.75) is 4.90 Å². The number of benzene rings is 3. The van der Waals surface area contributed by atoms with E-state index in [0.717, 1.165) is 16.4 Å². The fourth-order valence-electron chi connectivity index (χ4n) is 2.96. The fourth-order valence-corrected chi connectivity index (χ4v) is 4.59. The number of hydrogen-bond acceptors (Lipinski definition) is 6. The lowest BCUT2D eigenvalue weighted by Crippen LogP contribution is -2.39. The van der Waals surface area contributed by atoms with Crippen molar-refractivity contribution in [1.29, 1.82) is 0 Å². The SMILES string of the molecule is COc1ccc(S(=O)(=O)N(CC(=O)N/N=C\c2cccc(Cl)c2)c2ccc(F)cc2)cc1OC. The predicted octanol–water partition coefficient (Wildman–Crippen LogP) is 3.84. The smallest absolute Gasteiger partial charge is 0.264 e. The molecule has 0 saturated heterocycles. The molecular weight excluding hydrogens is 485 g/mol. The largest absolute Gasteiger partial charge is 0.493 e. The van der Waals surface area contributed by atoms with Gasteiger partial charge in [-0.15, -0.1) is 0 Å². The molecule has 34 heavy (non-hydrogen) atoms. The lowest BCUT2D eigenvalue weighted by Gasteiger charge is -2.24. The topological polar surface area (TPSA) is 97.3 Å². The van der Waals surface area contributed by atoms with E-state index in [4.69, 9.17) is 21.1 Å². The second kappa shape index (κ2) is 11.0. The van der Waals surface area contributed by atoms with Gasteiger partial charge < -0.3 is 9.47 Å². The fraction of sp³-hybridized carbons (Fsp3) is 0.130. The summed E-state index contributed by atoms with van der Waals surface area (Å²) in [6.45, 7) is -0.616. The Morgan fingerprint density at radius 1 is 1.06 bits per heavy atom. The highest BCUT2D eigenvalue weighted by Gasteiger charge is 2.28. The van der Waals surface area contributed by atoms with Crippen molar-refractivity contribution in [1.82, 2.24) is 5.43 Å². The van der Waals surface area contributed by atoms with Gasteiger partial charge in [-0.3, -0.25) is 9.10 Å². The van der Waals surface area contributed by atoms with Crippen molar-refractivity contribution in [3.63, 3.8) is 0 Å². The first-order valence-electron chi connectivity index (χ1n) is 9.82. The summed E-state index contributed by atoms with van der Waals surface area (Å²) >= 11 is 5.92. The van der Waals surface area contributed by atoms with E-state index in [0.29, 0.717) is 16.3 Å². The third-order valence-electron chi connectivity index (χ3n) is 4.60. The van der Waals surface area contributed by atoms with Crippen LogP contribution in [0, 0.1) is 5.82 Å². The van der Waals surface area contributed by atoms with Gasteiger partial charge in [0.05, 0.1) is 31.0 Å². The zero-order valence-corrected chi connectivity index (χ0v) is 19.8. The molecule has 8 nitrogen and oxygen atoms in total. The number of carbonyl (C=O) groups is 1. The van der Waals surface area contributed by atoms with Crippen LogP contribution < -0.4 is 19.2 Å². The van der Waals surface area contributed by atoms with Crippen LogP contribution in [0.15, 0.2) is 76.7 Å². The van der Waals surface area contributed by atoms with E-state index >= 15 is 0 Å². The van der Waals surface area contributed by atoms with Crippen LogP contribution in [0.2, 0.25) is 5.02 Å². The zero-order valence-electron chi connectivity index (χ0n) is 18.2. The van der Waals surface area contributed by atoms with Gasteiger partial charge in [0.2, 0.25) is 0 Å². The van der Waals surface area contributed by atoms with Crippen LogP contribution >= 0.6 is 11.6 Å². The van der Waals surface area contributed by atoms with Crippen molar-refractivity contribution in [3.05, 3.63) is 83.1 Å². The molecule has 178 valence electrons. The van der Waals surface area contributed by atoms with E-state index in [9.17, 15) is 17.6 Å². The molecule has 0 bridgehead atoms. The first-order chi connectivity index (χ1) is 16.2. The average Bonchev–Trinajstić information content (AvgIpc) is 2.82. The van der Waals surface area contributed by atoms with Crippen molar-refractivity contribution < 1.29 is 27.1 Å². The highest BCUT2D eigenvalue weighted by Crippen LogP contribution is 2.32. The Bertz CT molecular complexity index is 1300. The van der Waals surface area contributed by atoms with E-state index in [1.54, 1.807) is 24.3 Å². The van der Waals surface area contributed by atoms with Crippen LogP contribution in [0.5, 0.6) is 11.5 Å². The van der Waals surface area contributed by atoms with Crippen LogP contribution in [-0.4, -0.2) is 41.3 Å². The van der Waals surface area contributed by atoms with Gasteiger partial charge in [-0.05, 0) is 54.1 Å². The average molecular weight is 506 g/mol. The highest BCUT2D eigenvalue weighted by atomic mass is 35.5. The Kier molecular flexibility index (Phi) is 8.08. The molecule has 1 N–H and O–H groups in total. The standard InChI is InChI=1S/C23H21ClFN3O5S/c1-32-21-11-10-20(13-22(21)33-2)34(30,31)28(19-8-6-18(25)7-9-19)15-23(29)27-26-14-16-4-3-5-17(24)12-16/h3-14H,15H2,1-2H3,(H,27,29)/b26-14-. The van der Waals surface area contributed by atoms with Gasteiger partial charge in [0.1, 0.15) is 12.4 Å². The molecule has 0 saturated carbocycles. The molecule has 0 unspecified atom stereocenters. The van der Waals surface area contributed by atoms with E-state index in [2.05, 4.69) is 10.5 Å². The third kappa shape index (κ3) is 6.03. The summed E-state index contributed by atoms with van der Waals surface area (Å²) in [5.74, 6) is -0.740. The minimum Gasteiger partial charge on any atom is -0.493 e. The lowest BCUT2D eigenvalue weighted by molar-refractivity contribution is -0.119. The summed E-state index contributed by atoms with van der Waals surface area (Å²) in [4.78, 5) is 12.4. The van der Waals surface area contributed by atoms with Gasteiger partial charge in [0, 0.05) is 11.1 Å². The lowest BCUT2D eigenvalue weighted by atomic mass is 10.2. The normalized spacial score (nSPS) is 11.3. The first kappa shape index (κ1) is 25.0. The van der Waals surface area contributed by atoms with Gasteiger partial charge in [-0.1, -0.05) is 23.7 Å². The summed E-state index contributed by atoms with van der Waals surface area (Å²) in [5, 5.41) is 4.35. The van der Waals surface area contributed by atoms with Gasteiger partial charge in [-0.2, -0.15) is 5.10 Å². The summed E-state index contributed by atoms with van der Waals surface area (Å²) in [6.07, 6.45) is 1.37. The van der Waals surface area contributed by atoms with Gasteiger partial charge in [0.15, 0.2) is 11.5 Å². The van der Waals surface area contributed by atoms with Crippen molar-refractivity contribution >= 4 is 39.4 Å². The molecule has 3 rings (SSSR count). The minimum absolute atomic E-state index is 0.0881. The quantitative estimate of drug-likeness (QED) is 0.352. The molecule has 0 aliphatic heterocycles. The Labute approximate surface area is 201 Å². The molecule has 3 aromatic carbocycles. The molecule has 11 heteroatoms. The molecule has 0 aliphatic carbocycles. The number of hydrazone groups is 1. The number of amides is 1. The Balaban J connectivity index is 1.89. The number of methoxy groups -OCH3 is 2. The van der Waals surface area contributed by atoms with E-state index < -0.39 is 28.3 Å². The van der Waals surface area contributed by atoms with Gasteiger partial charge >= 0.3 is 0 Å². The number of nitrogens with zero attached hydrogens (tertiary/aromatic N) is 2. The zero-order chi connectivity index (χ0) is 24.7. The number of ether oxygens (including phenoxy) is 2. The number of halogens is 2. The molecular formula is C23H21ClFN3O5S. The number of anilines is 1. The number of carbonyl (C=O) groups excluding carboxylic acids is 1. The van der Waals surface area contributed by atoms with Crippen LogP contribution in [0.4, 0.5) is 10.1 Å². The maximum absolute atomic E-state index is 13.5. The number of sulfonamides is 1. The Hall–Kier alpha value is -3.63. The summed E-state index contributed by atoms with van der Waals surface area (Å²) < 4.78 is 51.6. The molecule has 0 heterocycles. The Morgan fingerprint density at radius 3 is 2.41 bits per heavy atom.